The first-order chi connectivity index (χ1) is 8.68. The normalized spacial score (nSPS) is 12.7. The van der Waals surface area contributed by atoms with Crippen molar-refractivity contribution in [3.05, 3.63) is 71.3 Å². The first kappa shape index (κ1) is 12.8. The van der Waals surface area contributed by atoms with E-state index >= 15 is 0 Å². The Morgan fingerprint density at radius 2 is 1.56 bits per heavy atom. The number of aliphatic hydroxyl groups excluding tert-OH is 1. The lowest BCUT2D eigenvalue weighted by atomic mass is 9.96. The number of benzene rings is 2. The van der Waals surface area contributed by atoms with Gasteiger partial charge in [0.25, 0.3) is 0 Å². The molecule has 1 atom stereocenters. The maximum absolute atomic E-state index is 10.5. The molecular formula is C16H20NO+. The molecule has 18 heavy (non-hydrogen) atoms. The fourth-order valence-corrected chi connectivity index (χ4v) is 2.16. The maximum atomic E-state index is 10.5. The predicted octanol–water partition coefficient (Wildman–Crippen LogP) is 1.41. The Hall–Kier alpha value is -1.64. The Morgan fingerprint density at radius 3 is 2.22 bits per heavy atom. The molecule has 0 spiro atoms. The van der Waals surface area contributed by atoms with Crippen LogP contribution in [-0.4, -0.2) is 19.2 Å². The standard InChI is InChI=1S/C16H19NO/c1-17(2)12-14-10-6-7-11-15(14)16(18)13-8-4-3-5-9-13/h3-11,16,18H,12H2,1-2H3/p+1/t16-/m0/s1. The molecule has 0 aliphatic carbocycles. The van der Waals surface area contributed by atoms with Gasteiger partial charge in [0.05, 0.1) is 14.1 Å². The molecule has 0 unspecified atom stereocenters. The quantitative estimate of drug-likeness (QED) is 0.832. The molecule has 0 amide bonds. The highest BCUT2D eigenvalue weighted by molar-refractivity contribution is 5.35. The summed E-state index contributed by atoms with van der Waals surface area (Å²) in [6.45, 7) is 0.917. The van der Waals surface area contributed by atoms with E-state index in [-0.39, 0.29) is 0 Å². The smallest absolute Gasteiger partial charge is 0.105 e. The second-order valence-corrected chi connectivity index (χ2v) is 4.90. The number of rotatable bonds is 4. The van der Waals surface area contributed by atoms with E-state index in [2.05, 4.69) is 20.2 Å². The Kier molecular flexibility index (Phi) is 4.13. The maximum Gasteiger partial charge on any atom is 0.105 e. The van der Waals surface area contributed by atoms with Gasteiger partial charge in [0.1, 0.15) is 12.6 Å². The molecule has 0 saturated carbocycles. The molecule has 2 aromatic carbocycles. The van der Waals surface area contributed by atoms with Crippen LogP contribution in [0.4, 0.5) is 0 Å². The minimum Gasteiger partial charge on any atom is -0.384 e. The molecule has 0 aliphatic rings. The summed E-state index contributed by atoms with van der Waals surface area (Å²) in [6, 6.07) is 17.9. The molecule has 2 aromatic rings. The van der Waals surface area contributed by atoms with Crippen LogP contribution in [0.5, 0.6) is 0 Å². The van der Waals surface area contributed by atoms with Crippen LogP contribution in [0.15, 0.2) is 54.6 Å². The van der Waals surface area contributed by atoms with Crippen LogP contribution >= 0.6 is 0 Å². The van der Waals surface area contributed by atoms with Crippen LogP contribution in [0, 0.1) is 0 Å². The van der Waals surface area contributed by atoms with Crippen LogP contribution in [0.3, 0.4) is 0 Å². The zero-order valence-corrected chi connectivity index (χ0v) is 10.9. The number of quaternary nitrogens is 1. The first-order valence-corrected chi connectivity index (χ1v) is 6.28. The fraction of sp³-hybridized carbons (Fsp3) is 0.250. The molecule has 0 bridgehead atoms. The highest BCUT2D eigenvalue weighted by Gasteiger charge is 2.15. The molecule has 2 rings (SSSR count). The van der Waals surface area contributed by atoms with Crippen molar-refractivity contribution in [2.24, 2.45) is 0 Å². The van der Waals surface area contributed by atoms with Crippen molar-refractivity contribution in [3.63, 3.8) is 0 Å². The van der Waals surface area contributed by atoms with E-state index in [1.165, 1.54) is 10.5 Å². The van der Waals surface area contributed by atoms with Crippen molar-refractivity contribution in [1.82, 2.24) is 0 Å². The van der Waals surface area contributed by atoms with E-state index < -0.39 is 6.10 Å². The van der Waals surface area contributed by atoms with Crippen molar-refractivity contribution in [3.8, 4) is 0 Å². The summed E-state index contributed by atoms with van der Waals surface area (Å²) in [7, 11) is 4.23. The molecule has 94 valence electrons. The van der Waals surface area contributed by atoms with Crippen LogP contribution in [0.1, 0.15) is 22.8 Å². The van der Waals surface area contributed by atoms with E-state index in [1.807, 2.05) is 48.5 Å². The summed E-state index contributed by atoms with van der Waals surface area (Å²) < 4.78 is 0. The van der Waals surface area contributed by atoms with Crippen molar-refractivity contribution in [1.29, 1.82) is 0 Å². The van der Waals surface area contributed by atoms with Gasteiger partial charge >= 0.3 is 0 Å². The van der Waals surface area contributed by atoms with Gasteiger partial charge in [0.15, 0.2) is 0 Å². The van der Waals surface area contributed by atoms with E-state index in [0.29, 0.717) is 0 Å². The Labute approximate surface area is 109 Å². The SMILES string of the molecule is C[NH+](C)Cc1ccccc1[C@@H](O)c1ccccc1. The van der Waals surface area contributed by atoms with E-state index in [4.69, 9.17) is 0 Å². The lowest BCUT2D eigenvalue weighted by Crippen LogP contribution is -3.04. The van der Waals surface area contributed by atoms with E-state index in [0.717, 1.165) is 17.7 Å². The zero-order valence-electron chi connectivity index (χ0n) is 10.9. The third-order valence-electron chi connectivity index (χ3n) is 3.01. The zero-order chi connectivity index (χ0) is 13.0. The highest BCUT2D eigenvalue weighted by Crippen LogP contribution is 2.24. The molecule has 0 aliphatic heterocycles. The summed E-state index contributed by atoms with van der Waals surface area (Å²) in [5, 5.41) is 10.5. The number of hydrogen-bond acceptors (Lipinski definition) is 1. The van der Waals surface area contributed by atoms with Gasteiger partial charge in [0.2, 0.25) is 0 Å². The third kappa shape index (κ3) is 2.97. The third-order valence-corrected chi connectivity index (χ3v) is 3.01. The summed E-state index contributed by atoms with van der Waals surface area (Å²) in [4.78, 5) is 1.35. The highest BCUT2D eigenvalue weighted by atomic mass is 16.3. The molecule has 2 nitrogen and oxygen atoms in total. The lowest BCUT2D eigenvalue weighted by molar-refractivity contribution is -0.872. The summed E-state index contributed by atoms with van der Waals surface area (Å²) in [5.41, 5.74) is 3.15. The fourth-order valence-electron chi connectivity index (χ4n) is 2.16. The average Bonchev–Trinajstić information content (AvgIpc) is 2.39. The van der Waals surface area contributed by atoms with Crippen LogP contribution in [-0.2, 0) is 6.54 Å². The largest absolute Gasteiger partial charge is 0.384 e. The van der Waals surface area contributed by atoms with Crippen molar-refractivity contribution in [2.45, 2.75) is 12.6 Å². The lowest BCUT2D eigenvalue weighted by Gasteiger charge is -2.17. The van der Waals surface area contributed by atoms with Crippen molar-refractivity contribution in [2.75, 3.05) is 14.1 Å². The summed E-state index contributed by atoms with van der Waals surface area (Å²) in [6.07, 6.45) is -0.540. The summed E-state index contributed by atoms with van der Waals surface area (Å²) >= 11 is 0. The Balaban J connectivity index is 2.33. The average molecular weight is 242 g/mol. The molecule has 0 saturated heterocycles. The molecule has 2 heteroatoms. The topological polar surface area (TPSA) is 24.7 Å². The second-order valence-electron chi connectivity index (χ2n) is 4.90. The minimum atomic E-state index is -0.540. The molecular weight excluding hydrogens is 222 g/mol. The Bertz CT molecular complexity index is 493. The first-order valence-electron chi connectivity index (χ1n) is 6.28. The second kappa shape index (κ2) is 5.80. The molecule has 0 aromatic heterocycles. The number of aliphatic hydroxyl groups is 1. The number of nitrogens with one attached hydrogen (secondary N) is 1. The van der Waals surface area contributed by atoms with Gasteiger partial charge in [-0.05, 0) is 11.1 Å². The molecule has 0 fully saturated rings. The monoisotopic (exact) mass is 242 g/mol. The van der Waals surface area contributed by atoms with Gasteiger partial charge in [0, 0.05) is 5.56 Å². The molecule has 0 radical (unpaired) electrons. The Morgan fingerprint density at radius 1 is 0.944 bits per heavy atom. The minimum absolute atomic E-state index is 0.540. The molecule has 0 heterocycles. The predicted molar refractivity (Wildman–Crippen MR) is 73.5 cm³/mol. The van der Waals surface area contributed by atoms with Crippen molar-refractivity contribution >= 4 is 0 Å². The summed E-state index contributed by atoms with van der Waals surface area (Å²) in [5.74, 6) is 0. The van der Waals surface area contributed by atoms with Gasteiger partial charge < -0.3 is 10.0 Å². The van der Waals surface area contributed by atoms with Gasteiger partial charge in [-0.2, -0.15) is 0 Å². The van der Waals surface area contributed by atoms with Crippen LogP contribution < -0.4 is 4.90 Å². The van der Waals surface area contributed by atoms with Crippen molar-refractivity contribution < 1.29 is 10.0 Å². The van der Waals surface area contributed by atoms with E-state index in [1.54, 1.807) is 0 Å². The molecule has 2 N–H and O–H groups in total. The van der Waals surface area contributed by atoms with Gasteiger partial charge in [-0.1, -0.05) is 54.6 Å². The van der Waals surface area contributed by atoms with Gasteiger partial charge in [-0.15, -0.1) is 0 Å². The van der Waals surface area contributed by atoms with Crippen LogP contribution in [0.2, 0.25) is 0 Å². The van der Waals surface area contributed by atoms with Crippen LogP contribution in [0.25, 0.3) is 0 Å². The van der Waals surface area contributed by atoms with E-state index in [9.17, 15) is 5.11 Å². The van der Waals surface area contributed by atoms with Gasteiger partial charge in [-0.25, -0.2) is 0 Å². The number of hydrogen-bond donors (Lipinski definition) is 2. The van der Waals surface area contributed by atoms with Gasteiger partial charge in [-0.3, -0.25) is 0 Å².